The molecule has 3 nitrogen and oxygen atoms in total. The third-order valence-corrected chi connectivity index (χ3v) is 3.74. The maximum atomic E-state index is 13.4. The number of fused-ring (bicyclic) bond motifs is 1. The van der Waals surface area contributed by atoms with E-state index < -0.39 is 0 Å². The molecule has 20 heavy (non-hydrogen) atoms. The number of aromatic nitrogens is 2. The fraction of sp³-hybridized carbons (Fsp3) is 0.533. The van der Waals surface area contributed by atoms with E-state index in [2.05, 4.69) is 42.4 Å². The lowest BCUT2D eigenvalue weighted by Gasteiger charge is -2.28. The van der Waals surface area contributed by atoms with Gasteiger partial charge in [-0.2, -0.15) is 0 Å². The van der Waals surface area contributed by atoms with E-state index in [9.17, 15) is 4.39 Å². The number of nitrogens with zero attached hydrogens (tertiary/aromatic N) is 3. The van der Waals surface area contributed by atoms with E-state index in [1.807, 2.05) is 0 Å². The van der Waals surface area contributed by atoms with Crippen molar-refractivity contribution in [3.63, 3.8) is 0 Å². The van der Waals surface area contributed by atoms with Crippen LogP contribution in [0.3, 0.4) is 0 Å². The third kappa shape index (κ3) is 2.96. The van der Waals surface area contributed by atoms with E-state index in [1.54, 1.807) is 6.07 Å². The Labute approximate surface area is 124 Å². The van der Waals surface area contributed by atoms with Gasteiger partial charge in [0.05, 0.1) is 23.0 Å². The lowest BCUT2D eigenvalue weighted by atomic mass is 10.0. The molecule has 2 rings (SSSR count). The van der Waals surface area contributed by atoms with Gasteiger partial charge in [-0.1, -0.05) is 13.8 Å². The fourth-order valence-corrected chi connectivity index (χ4v) is 2.74. The van der Waals surface area contributed by atoms with Crippen LogP contribution in [0.25, 0.3) is 11.0 Å². The molecule has 0 amide bonds. The Morgan fingerprint density at radius 2 is 2.05 bits per heavy atom. The second kappa shape index (κ2) is 6.10. The van der Waals surface area contributed by atoms with Gasteiger partial charge in [0.15, 0.2) is 0 Å². The fourth-order valence-electron chi connectivity index (χ4n) is 2.55. The minimum absolute atomic E-state index is 0.259. The van der Waals surface area contributed by atoms with Gasteiger partial charge in [-0.25, -0.2) is 9.37 Å². The standard InChI is InChI=1S/C15H21ClFN3/c1-10(2)14(9-19(3)4)20-13-6-5-11(17)7-12(13)18-15(20)8-16/h5-7,10,14H,8-9H2,1-4H3. The molecule has 5 heteroatoms. The molecule has 0 aliphatic carbocycles. The lowest BCUT2D eigenvalue weighted by molar-refractivity contribution is 0.270. The van der Waals surface area contributed by atoms with Crippen molar-refractivity contribution in [2.75, 3.05) is 20.6 Å². The van der Waals surface area contributed by atoms with Crippen LogP contribution < -0.4 is 0 Å². The Bertz CT molecular complexity index is 592. The summed E-state index contributed by atoms with van der Waals surface area (Å²) in [6.07, 6.45) is 0. The summed E-state index contributed by atoms with van der Waals surface area (Å²) in [7, 11) is 4.10. The van der Waals surface area contributed by atoms with Crippen molar-refractivity contribution in [1.29, 1.82) is 0 Å². The number of benzene rings is 1. The normalized spacial score (nSPS) is 13.6. The largest absolute Gasteiger partial charge is 0.322 e. The second-order valence-electron chi connectivity index (χ2n) is 5.74. The molecule has 0 saturated heterocycles. The monoisotopic (exact) mass is 297 g/mol. The average molecular weight is 298 g/mol. The smallest absolute Gasteiger partial charge is 0.125 e. The van der Waals surface area contributed by atoms with Gasteiger partial charge in [-0.3, -0.25) is 0 Å². The predicted octanol–water partition coefficient (Wildman–Crippen LogP) is 3.67. The SMILES string of the molecule is CC(C)C(CN(C)C)n1c(CCl)nc2cc(F)ccc21. The molecule has 1 aromatic heterocycles. The van der Waals surface area contributed by atoms with Crippen molar-refractivity contribution in [2.45, 2.75) is 25.8 Å². The predicted molar refractivity (Wildman–Crippen MR) is 81.7 cm³/mol. The van der Waals surface area contributed by atoms with Crippen molar-refractivity contribution < 1.29 is 4.39 Å². The van der Waals surface area contributed by atoms with Crippen LogP contribution in [0.15, 0.2) is 18.2 Å². The van der Waals surface area contributed by atoms with Crippen LogP contribution in [-0.4, -0.2) is 35.1 Å². The molecule has 0 bridgehead atoms. The van der Waals surface area contributed by atoms with Gasteiger partial charge in [0, 0.05) is 12.6 Å². The van der Waals surface area contributed by atoms with Crippen molar-refractivity contribution in [2.24, 2.45) is 5.92 Å². The van der Waals surface area contributed by atoms with Crippen molar-refractivity contribution in [3.8, 4) is 0 Å². The Kier molecular flexibility index (Phi) is 4.66. The van der Waals surface area contributed by atoms with Crippen LogP contribution in [0.2, 0.25) is 0 Å². The molecule has 110 valence electrons. The first kappa shape index (κ1) is 15.3. The maximum Gasteiger partial charge on any atom is 0.125 e. The molecule has 0 spiro atoms. The van der Waals surface area contributed by atoms with Crippen LogP contribution in [-0.2, 0) is 5.88 Å². The van der Waals surface area contributed by atoms with Gasteiger partial charge in [-0.15, -0.1) is 11.6 Å². The maximum absolute atomic E-state index is 13.4. The Morgan fingerprint density at radius 3 is 2.60 bits per heavy atom. The summed E-state index contributed by atoms with van der Waals surface area (Å²) in [5.74, 6) is 1.29. The second-order valence-corrected chi connectivity index (χ2v) is 6.01. The van der Waals surface area contributed by atoms with Gasteiger partial charge >= 0.3 is 0 Å². The molecule has 0 radical (unpaired) electrons. The quantitative estimate of drug-likeness (QED) is 0.785. The number of imidazole rings is 1. The topological polar surface area (TPSA) is 21.1 Å². The summed E-state index contributed by atoms with van der Waals surface area (Å²) in [5.41, 5.74) is 1.62. The van der Waals surface area contributed by atoms with Gasteiger partial charge in [0.25, 0.3) is 0 Å². The molecule has 0 N–H and O–H groups in total. The third-order valence-electron chi connectivity index (χ3n) is 3.50. The summed E-state index contributed by atoms with van der Waals surface area (Å²) in [5, 5.41) is 0. The number of hydrogen-bond donors (Lipinski definition) is 0. The molecule has 1 unspecified atom stereocenters. The highest BCUT2D eigenvalue weighted by molar-refractivity contribution is 6.16. The Balaban J connectivity index is 2.60. The molecule has 1 aromatic carbocycles. The lowest BCUT2D eigenvalue weighted by Crippen LogP contribution is -2.29. The highest BCUT2D eigenvalue weighted by Crippen LogP contribution is 2.28. The van der Waals surface area contributed by atoms with Crippen LogP contribution in [0.1, 0.15) is 25.7 Å². The van der Waals surface area contributed by atoms with E-state index in [-0.39, 0.29) is 11.9 Å². The molecular weight excluding hydrogens is 277 g/mol. The van der Waals surface area contributed by atoms with E-state index in [0.717, 1.165) is 17.9 Å². The van der Waals surface area contributed by atoms with Crippen LogP contribution >= 0.6 is 11.6 Å². The van der Waals surface area contributed by atoms with Crippen LogP contribution in [0.4, 0.5) is 4.39 Å². The molecule has 0 aliphatic rings. The minimum Gasteiger partial charge on any atom is -0.322 e. The van der Waals surface area contributed by atoms with E-state index in [4.69, 9.17) is 11.6 Å². The highest BCUT2D eigenvalue weighted by atomic mass is 35.5. The van der Waals surface area contributed by atoms with Crippen molar-refractivity contribution in [3.05, 3.63) is 29.8 Å². The summed E-state index contributed by atoms with van der Waals surface area (Å²) in [6, 6.07) is 4.99. The molecule has 1 atom stereocenters. The zero-order chi connectivity index (χ0) is 14.9. The van der Waals surface area contributed by atoms with Crippen LogP contribution in [0.5, 0.6) is 0 Å². The van der Waals surface area contributed by atoms with Gasteiger partial charge in [0.1, 0.15) is 11.6 Å². The number of halogens is 2. The molecular formula is C15H21ClFN3. The van der Waals surface area contributed by atoms with Crippen molar-refractivity contribution >= 4 is 22.6 Å². The summed E-state index contributed by atoms with van der Waals surface area (Å²) in [6.45, 7) is 5.26. The molecule has 0 aliphatic heterocycles. The first-order valence-electron chi connectivity index (χ1n) is 6.81. The average Bonchev–Trinajstić information content (AvgIpc) is 2.72. The zero-order valence-corrected chi connectivity index (χ0v) is 13.2. The highest BCUT2D eigenvalue weighted by Gasteiger charge is 2.22. The molecule has 1 heterocycles. The van der Waals surface area contributed by atoms with E-state index in [0.29, 0.717) is 17.3 Å². The number of alkyl halides is 1. The number of hydrogen-bond acceptors (Lipinski definition) is 2. The first-order valence-corrected chi connectivity index (χ1v) is 7.34. The summed E-state index contributed by atoms with van der Waals surface area (Å²) < 4.78 is 15.5. The number of likely N-dealkylation sites (N-methyl/N-ethyl adjacent to an activating group) is 1. The zero-order valence-electron chi connectivity index (χ0n) is 12.4. The van der Waals surface area contributed by atoms with Gasteiger partial charge in [-0.05, 0) is 32.1 Å². The Morgan fingerprint density at radius 1 is 1.35 bits per heavy atom. The summed E-state index contributed by atoms with van der Waals surface area (Å²) in [4.78, 5) is 6.63. The van der Waals surface area contributed by atoms with Crippen LogP contribution in [0, 0.1) is 11.7 Å². The molecule has 0 fully saturated rings. The molecule has 0 saturated carbocycles. The van der Waals surface area contributed by atoms with Gasteiger partial charge < -0.3 is 9.47 Å². The Hall–Kier alpha value is -1.13. The van der Waals surface area contributed by atoms with Gasteiger partial charge in [0.2, 0.25) is 0 Å². The number of rotatable bonds is 5. The summed E-state index contributed by atoms with van der Waals surface area (Å²) >= 11 is 6.04. The first-order chi connectivity index (χ1) is 9.43. The van der Waals surface area contributed by atoms with E-state index >= 15 is 0 Å². The minimum atomic E-state index is -0.267. The van der Waals surface area contributed by atoms with Crippen molar-refractivity contribution in [1.82, 2.24) is 14.5 Å². The van der Waals surface area contributed by atoms with E-state index in [1.165, 1.54) is 12.1 Å². The molecule has 2 aromatic rings.